The Labute approximate surface area is 789 Å². The van der Waals surface area contributed by atoms with Crippen molar-refractivity contribution in [2.24, 2.45) is 46.2 Å². The number of aliphatic carboxylic acids is 1. The number of aromatic hydroxyl groups is 1. The highest BCUT2D eigenvalue weighted by atomic mass is 32.2. The zero-order chi connectivity index (χ0) is 100. The highest BCUT2D eigenvalue weighted by Gasteiger charge is 2.40. The van der Waals surface area contributed by atoms with Gasteiger partial charge in [-0.05, 0) is 177 Å². The van der Waals surface area contributed by atoms with Crippen LogP contribution in [0.5, 0.6) is 5.75 Å². The van der Waals surface area contributed by atoms with Crippen molar-refractivity contribution in [2.75, 3.05) is 64.6 Å². The van der Waals surface area contributed by atoms with Gasteiger partial charge in [-0.1, -0.05) is 105 Å². The number of hydrogen-bond acceptors (Lipinski definition) is 26. The van der Waals surface area contributed by atoms with E-state index in [1.807, 2.05) is 0 Å². The molecule has 0 aliphatic rings. The zero-order valence-electron chi connectivity index (χ0n) is 78.9. The number of unbranched alkanes of at least 4 members (excludes halogenated alkanes) is 12. The normalized spacial score (nSPS) is 14.4. The second-order valence-corrected chi connectivity index (χ2v) is 35.2. The molecule has 758 valence electrons. The molecule has 0 radical (unpaired) electrons. The van der Waals surface area contributed by atoms with Gasteiger partial charge in [0.25, 0.3) is 0 Å². The van der Waals surface area contributed by atoms with Gasteiger partial charge in [0.2, 0.25) is 82.7 Å². The van der Waals surface area contributed by atoms with Crippen molar-refractivity contribution in [3.05, 3.63) is 48.0 Å². The number of benzene rings is 1. The fourth-order valence-corrected chi connectivity index (χ4v) is 14.6. The van der Waals surface area contributed by atoms with E-state index < -0.39 is 198 Å². The van der Waals surface area contributed by atoms with Gasteiger partial charge in [0.05, 0.1) is 37.8 Å². The Morgan fingerprint density at radius 3 is 1.22 bits per heavy atom. The number of aromatic amines is 1. The Hall–Kier alpha value is -11.1. The number of aromatic nitrogens is 2. The van der Waals surface area contributed by atoms with Crippen molar-refractivity contribution >= 4 is 112 Å². The lowest BCUT2D eigenvalue weighted by Crippen LogP contribution is -2.62. The van der Waals surface area contributed by atoms with Crippen molar-refractivity contribution < 1.29 is 97.1 Å². The van der Waals surface area contributed by atoms with E-state index in [1.165, 1.54) is 87.1 Å². The maximum absolute atomic E-state index is 14.8. The van der Waals surface area contributed by atoms with Crippen molar-refractivity contribution in [1.29, 1.82) is 10.8 Å². The molecule has 134 heavy (non-hydrogen) atoms. The van der Waals surface area contributed by atoms with Gasteiger partial charge in [-0.25, -0.2) is 4.98 Å². The van der Waals surface area contributed by atoms with Crippen LogP contribution in [-0.4, -0.2) is 280 Å². The summed E-state index contributed by atoms with van der Waals surface area (Å²) in [6.45, 7) is 10.5. The fourth-order valence-electron chi connectivity index (χ4n) is 14.1. The summed E-state index contributed by atoms with van der Waals surface area (Å²) in [5.41, 5.74) is 35.0. The number of hydrogen-bond donors (Lipinski definition) is 28. The number of phenols is 1. The second kappa shape index (κ2) is 68.9. The van der Waals surface area contributed by atoms with Gasteiger partial charge in [-0.15, -0.1) is 0 Å². The number of carbonyl (C=O) groups excluding carboxylic acids is 14. The van der Waals surface area contributed by atoms with Gasteiger partial charge in [0, 0.05) is 45.2 Å². The molecule has 46 heteroatoms. The summed E-state index contributed by atoms with van der Waals surface area (Å²) in [5, 5.41) is 96.2. The quantitative estimate of drug-likeness (QED) is 0.0187. The minimum Gasteiger partial charge on any atom is -0.508 e. The number of nitrogens with one attached hydrogen (secondary N) is 18. The lowest BCUT2D eigenvalue weighted by molar-refractivity contribution is -0.142. The predicted molar refractivity (Wildman–Crippen MR) is 506 cm³/mol. The number of thioether (sulfide) groups is 1. The number of guanidine groups is 2. The molecule has 14 amide bonds. The molecular formula is C88H155N25O20S. The number of imidazole rings is 1. The van der Waals surface area contributed by atoms with Gasteiger partial charge in [0.1, 0.15) is 84.3 Å². The molecule has 2 aromatic rings. The first kappa shape index (κ1) is 119. The molecule has 0 spiro atoms. The first-order valence-corrected chi connectivity index (χ1v) is 48.0. The second-order valence-electron chi connectivity index (χ2n) is 34.2. The summed E-state index contributed by atoms with van der Waals surface area (Å²) in [4.78, 5) is 219. The molecule has 14 atom stereocenters. The Kier molecular flexibility index (Phi) is 61.1. The molecule has 0 saturated heterocycles. The van der Waals surface area contributed by atoms with Crippen molar-refractivity contribution in [3.63, 3.8) is 0 Å². The molecule has 0 bridgehead atoms. The van der Waals surface area contributed by atoms with Gasteiger partial charge >= 0.3 is 5.97 Å². The smallest absolute Gasteiger partial charge is 0.305 e. The average Bonchev–Trinajstić information content (AvgIpc) is 0.943. The summed E-state index contributed by atoms with van der Waals surface area (Å²) in [6, 6.07) is -14.9. The standard InChI is InChI=1S/C88H155N25O20S/c1-8-9-10-11-12-13-14-15-16-23-42-133-43-35-71(117)101-59(26-17-20-37-89)75(121)102-60(27-18-21-38-90)76(122)108-66(45-53(2)3)81(127)104-63(30-25-41-99-88(95)96)79(125)112-70(51-114)85(131)106-64(36-44-134-7)80(126)113-73(55(6)115)86(132)111-69(49-72(118)119)84(130)103-61(28-19-22-39-91)77(123)110-68(47-56-31-33-58(116)34-32-56)83(129)105-62(29-24-40-98-87(93)94)78(124)109-67(46-54(4)5)82(128)107-65(74(92)120)48-57-50-97-52-100-57/h31-34,50,52-55,59-70,73,114-116H,8-30,35-49,51,89-91H2,1-7H3,(H2,92,120)(H,97,100)(H,101,117)(H,102,121)(H,103,130)(H,104,127)(H,105,129)(H,106,131)(H,107,128)(H,108,122)(H,109,124)(H,110,123)(H,111,132)(H,112,125)(H,113,126)(H,118,119)(H4,93,94,98)(H4,95,96,99)/t55-,59+,60+,61+,62+,63+,64+,65+,66+,67+,68+,69+,70+,73+/m1/s1. The fraction of sp³-hybridized carbons (Fsp3) is 0.705. The molecule has 0 aliphatic heterocycles. The van der Waals surface area contributed by atoms with E-state index in [-0.39, 0.29) is 152 Å². The number of nitrogens with zero attached hydrogens (tertiary/aromatic N) is 1. The molecular weight excluding hydrogens is 1760 g/mol. The van der Waals surface area contributed by atoms with Crippen LogP contribution < -0.4 is 114 Å². The number of carbonyl (C=O) groups is 15. The van der Waals surface area contributed by atoms with E-state index in [0.29, 0.717) is 50.1 Å². The highest BCUT2D eigenvalue weighted by Crippen LogP contribution is 2.18. The molecule has 0 saturated carbocycles. The summed E-state index contributed by atoms with van der Waals surface area (Å²) < 4.78 is 5.77. The molecule has 1 aromatic carbocycles. The third-order valence-electron chi connectivity index (χ3n) is 21.6. The van der Waals surface area contributed by atoms with Crippen LogP contribution >= 0.6 is 11.8 Å². The number of nitrogens with two attached hydrogens (primary N) is 6. The molecule has 34 N–H and O–H groups in total. The van der Waals surface area contributed by atoms with Crippen LogP contribution in [0.3, 0.4) is 0 Å². The van der Waals surface area contributed by atoms with Crippen LogP contribution in [0.25, 0.3) is 0 Å². The number of rotatable bonds is 75. The molecule has 0 aliphatic carbocycles. The Balaban J connectivity index is 2.51. The number of amides is 14. The SMILES string of the molecule is CCCCCCCCCCCCOCCC(=O)N[C@@H](CCCCN)C(=O)N[C@@H](CCCCN)C(=O)N[C@@H](CC(C)C)C(=O)N[C@@H](CCCNC(=N)N)C(=O)N[C@@H](CO)C(=O)N[C@@H](CCSC)C(=O)N[C@H](C(=O)N[C@@H](CC(=O)O)C(=O)N[C@@H](CCCCN)C(=O)N[C@@H](Cc1ccc(O)cc1)C(=O)N[C@@H](CCCNC(=N)N)C(=O)N[C@@H](CC(C)C)C(=O)N[C@@H](Cc1c[nH]cn1)C(N)=O)[C@@H](C)O. The predicted octanol–water partition coefficient (Wildman–Crippen LogP) is -2.38. The molecule has 0 unspecified atom stereocenters. The highest BCUT2D eigenvalue weighted by molar-refractivity contribution is 7.98. The van der Waals surface area contributed by atoms with Gasteiger partial charge < -0.3 is 144 Å². The lowest BCUT2D eigenvalue weighted by atomic mass is 10.0. The minimum atomic E-state index is -2.10. The maximum atomic E-state index is 14.8. The maximum Gasteiger partial charge on any atom is 0.305 e. The average molecular weight is 1920 g/mol. The first-order valence-electron chi connectivity index (χ1n) is 46.6. The number of ether oxygens (including phenoxy) is 1. The summed E-state index contributed by atoms with van der Waals surface area (Å²) >= 11 is 1.20. The lowest BCUT2D eigenvalue weighted by Gasteiger charge is -2.29. The number of primary amides is 1. The number of phenolic OH excluding ortho intramolecular Hbond substituents is 1. The molecule has 2 rings (SSSR count). The van der Waals surface area contributed by atoms with Crippen molar-refractivity contribution in [2.45, 2.75) is 319 Å². The van der Waals surface area contributed by atoms with Crippen LogP contribution in [0, 0.1) is 22.7 Å². The van der Waals surface area contributed by atoms with Gasteiger partial charge in [0.15, 0.2) is 11.9 Å². The number of carboxylic acids is 1. The molecule has 0 fully saturated rings. The van der Waals surface area contributed by atoms with E-state index >= 15 is 0 Å². The Morgan fingerprint density at radius 2 is 0.813 bits per heavy atom. The van der Waals surface area contributed by atoms with Crippen molar-refractivity contribution in [3.8, 4) is 5.75 Å². The molecule has 1 heterocycles. The number of carboxylic acid groups (broad SMARTS) is 1. The first-order chi connectivity index (χ1) is 63.8. The van der Waals surface area contributed by atoms with E-state index in [4.69, 9.17) is 50.0 Å². The van der Waals surface area contributed by atoms with Crippen LogP contribution in [0.4, 0.5) is 0 Å². The van der Waals surface area contributed by atoms with E-state index in [0.717, 1.165) is 32.6 Å². The van der Waals surface area contributed by atoms with Crippen LogP contribution in [0.15, 0.2) is 36.8 Å². The largest absolute Gasteiger partial charge is 0.508 e. The third-order valence-corrected chi connectivity index (χ3v) is 22.2. The van der Waals surface area contributed by atoms with Crippen LogP contribution in [-0.2, 0) is 89.5 Å². The Bertz CT molecular complexity index is 3910. The van der Waals surface area contributed by atoms with Crippen LogP contribution in [0.2, 0.25) is 0 Å². The summed E-state index contributed by atoms with van der Waals surface area (Å²) in [7, 11) is 0. The zero-order valence-corrected chi connectivity index (χ0v) is 79.7. The number of H-pyrrole nitrogens is 1. The molecule has 45 nitrogen and oxygen atoms in total. The third kappa shape index (κ3) is 51.4. The van der Waals surface area contributed by atoms with Crippen molar-refractivity contribution in [1.82, 2.24) is 89.7 Å². The minimum absolute atomic E-state index is 0.00397. The number of aliphatic hydroxyl groups excluding tert-OH is 2. The monoisotopic (exact) mass is 1910 g/mol. The topological polar surface area (TPSA) is 759 Å². The van der Waals surface area contributed by atoms with E-state index in [2.05, 4.69) is 96.6 Å². The number of aliphatic hydroxyl groups is 2. The van der Waals surface area contributed by atoms with E-state index in [1.54, 1.807) is 34.0 Å². The summed E-state index contributed by atoms with van der Waals surface area (Å²) in [6.07, 6.45) is 14.2. The van der Waals surface area contributed by atoms with Crippen LogP contribution in [0.1, 0.15) is 233 Å². The molecule has 1 aromatic heterocycles. The summed E-state index contributed by atoms with van der Waals surface area (Å²) in [5.74, 6) is -16.6. The Morgan fingerprint density at radius 1 is 0.440 bits per heavy atom. The van der Waals surface area contributed by atoms with Gasteiger partial charge in [-0.2, -0.15) is 11.8 Å². The van der Waals surface area contributed by atoms with Gasteiger partial charge in [-0.3, -0.25) is 82.7 Å². The van der Waals surface area contributed by atoms with E-state index in [9.17, 15) is 92.3 Å².